The van der Waals surface area contributed by atoms with E-state index in [4.69, 9.17) is 0 Å². The van der Waals surface area contributed by atoms with Gasteiger partial charge in [-0.3, -0.25) is 4.90 Å². The number of aliphatic hydroxyl groups excluding tert-OH is 1. The summed E-state index contributed by atoms with van der Waals surface area (Å²) in [5, 5.41) is 9.88. The summed E-state index contributed by atoms with van der Waals surface area (Å²) in [7, 11) is 0. The Kier molecular flexibility index (Phi) is 3.39. The molecule has 2 nitrogen and oxygen atoms in total. The van der Waals surface area contributed by atoms with Gasteiger partial charge in [-0.15, -0.1) is 0 Å². The number of hydrogen-bond acceptors (Lipinski definition) is 2. The highest BCUT2D eigenvalue weighted by Crippen LogP contribution is 2.27. The maximum atomic E-state index is 9.88. The van der Waals surface area contributed by atoms with Crippen LogP contribution in [0.4, 0.5) is 0 Å². The first-order valence-electron chi connectivity index (χ1n) is 5.76. The number of benzene rings is 1. The van der Waals surface area contributed by atoms with E-state index < -0.39 is 0 Å². The summed E-state index contributed by atoms with van der Waals surface area (Å²) in [6.07, 6.45) is 2.22. The number of aliphatic hydroxyl groups is 1. The predicted octanol–water partition coefficient (Wildman–Crippen LogP) is 2.20. The van der Waals surface area contributed by atoms with Crippen LogP contribution in [0.2, 0.25) is 0 Å². The van der Waals surface area contributed by atoms with Crippen molar-refractivity contribution in [3.05, 3.63) is 35.9 Å². The average molecular weight is 205 g/mol. The number of hydrogen-bond donors (Lipinski definition) is 1. The molecule has 0 radical (unpaired) electrons. The van der Waals surface area contributed by atoms with Crippen LogP contribution in [-0.2, 0) is 0 Å². The molecule has 1 aromatic carbocycles. The van der Waals surface area contributed by atoms with Crippen molar-refractivity contribution in [2.45, 2.75) is 31.9 Å². The van der Waals surface area contributed by atoms with E-state index in [0.29, 0.717) is 0 Å². The molecule has 0 spiro atoms. The third kappa shape index (κ3) is 2.39. The minimum Gasteiger partial charge on any atom is -0.391 e. The fourth-order valence-corrected chi connectivity index (χ4v) is 2.46. The van der Waals surface area contributed by atoms with Crippen molar-refractivity contribution in [2.24, 2.45) is 0 Å². The first-order valence-corrected chi connectivity index (χ1v) is 5.76. The minimum absolute atomic E-state index is 0.175. The van der Waals surface area contributed by atoms with Crippen LogP contribution >= 0.6 is 0 Å². The molecule has 0 bridgehead atoms. The van der Waals surface area contributed by atoms with E-state index in [1.54, 1.807) is 0 Å². The average Bonchev–Trinajstić information content (AvgIpc) is 2.72. The van der Waals surface area contributed by atoms with Crippen molar-refractivity contribution in [3.8, 4) is 0 Å². The lowest BCUT2D eigenvalue weighted by molar-refractivity contribution is 0.0749. The molecular weight excluding hydrogens is 186 g/mol. The molecule has 0 unspecified atom stereocenters. The molecule has 1 heterocycles. The minimum atomic E-state index is -0.300. The van der Waals surface area contributed by atoms with E-state index in [1.807, 2.05) is 25.1 Å². The van der Waals surface area contributed by atoms with Gasteiger partial charge in [0, 0.05) is 0 Å². The normalized spacial score (nSPS) is 21.5. The molecule has 1 aliphatic rings. The molecule has 15 heavy (non-hydrogen) atoms. The van der Waals surface area contributed by atoms with E-state index in [0.717, 1.165) is 13.1 Å². The third-order valence-electron chi connectivity index (χ3n) is 3.13. The monoisotopic (exact) mass is 205 g/mol. The first kappa shape index (κ1) is 10.7. The van der Waals surface area contributed by atoms with E-state index in [2.05, 4.69) is 17.0 Å². The second-order valence-corrected chi connectivity index (χ2v) is 4.34. The van der Waals surface area contributed by atoms with Gasteiger partial charge in [-0.25, -0.2) is 0 Å². The second kappa shape index (κ2) is 4.77. The molecule has 0 amide bonds. The highest BCUT2D eigenvalue weighted by atomic mass is 16.3. The van der Waals surface area contributed by atoms with Crippen LogP contribution in [0, 0.1) is 0 Å². The van der Waals surface area contributed by atoms with Crippen molar-refractivity contribution in [1.29, 1.82) is 0 Å². The van der Waals surface area contributed by atoms with Gasteiger partial charge in [0.05, 0.1) is 12.1 Å². The lowest BCUT2D eigenvalue weighted by atomic mass is 10.0. The van der Waals surface area contributed by atoms with E-state index in [1.165, 1.54) is 18.4 Å². The van der Waals surface area contributed by atoms with Crippen LogP contribution in [0.3, 0.4) is 0 Å². The van der Waals surface area contributed by atoms with Gasteiger partial charge in [-0.05, 0) is 38.4 Å². The van der Waals surface area contributed by atoms with Gasteiger partial charge in [0.1, 0.15) is 0 Å². The Hall–Kier alpha value is -0.860. The zero-order valence-corrected chi connectivity index (χ0v) is 9.26. The van der Waals surface area contributed by atoms with Crippen molar-refractivity contribution in [3.63, 3.8) is 0 Å². The molecule has 1 saturated heterocycles. The van der Waals surface area contributed by atoms with Crippen LogP contribution < -0.4 is 0 Å². The van der Waals surface area contributed by atoms with Crippen LogP contribution in [-0.4, -0.2) is 29.2 Å². The van der Waals surface area contributed by atoms with E-state index in [9.17, 15) is 5.11 Å². The number of rotatable bonds is 3. The lowest BCUT2D eigenvalue weighted by Gasteiger charge is -2.30. The Morgan fingerprint density at radius 3 is 2.27 bits per heavy atom. The second-order valence-electron chi connectivity index (χ2n) is 4.34. The zero-order valence-electron chi connectivity index (χ0n) is 9.26. The van der Waals surface area contributed by atoms with Gasteiger partial charge in [-0.1, -0.05) is 30.3 Å². The van der Waals surface area contributed by atoms with E-state index >= 15 is 0 Å². The van der Waals surface area contributed by atoms with Gasteiger partial charge in [-0.2, -0.15) is 0 Å². The summed E-state index contributed by atoms with van der Waals surface area (Å²) in [5.74, 6) is 0. The fourth-order valence-electron chi connectivity index (χ4n) is 2.46. The molecule has 82 valence electrons. The standard InChI is InChI=1S/C13H19NO/c1-11(15)13(14-9-5-6-10-14)12-7-3-2-4-8-12/h2-4,7-8,11,13,15H,5-6,9-10H2,1H3/t11-,13-/m0/s1. The van der Waals surface area contributed by atoms with Gasteiger partial charge in [0.15, 0.2) is 0 Å². The predicted molar refractivity (Wildman–Crippen MR) is 61.7 cm³/mol. The number of nitrogens with zero attached hydrogens (tertiary/aromatic N) is 1. The molecule has 2 heteroatoms. The maximum absolute atomic E-state index is 9.88. The highest BCUT2D eigenvalue weighted by Gasteiger charge is 2.26. The molecule has 0 saturated carbocycles. The van der Waals surface area contributed by atoms with Gasteiger partial charge in [0.25, 0.3) is 0 Å². The molecule has 2 rings (SSSR count). The molecule has 2 atom stereocenters. The van der Waals surface area contributed by atoms with Crippen LogP contribution in [0.15, 0.2) is 30.3 Å². The fraction of sp³-hybridized carbons (Fsp3) is 0.538. The Morgan fingerprint density at radius 1 is 1.13 bits per heavy atom. The first-order chi connectivity index (χ1) is 7.29. The Morgan fingerprint density at radius 2 is 1.73 bits per heavy atom. The Balaban J connectivity index is 2.19. The van der Waals surface area contributed by atoms with Crippen molar-refractivity contribution in [2.75, 3.05) is 13.1 Å². The number of likely N-dealkylation sites (tertiary alicyclic amines) is 1. The summed E-state index contributed by atoms with van der Waals surface area (Å²) in [6.45, 7) is 4.12. The van der Waals surface area contributed by atoms with Crippen LogP contribution in [0.5, 0.6) is 0 Å². The summed E-state index contributed by atoms with van der Waals surface area (Å²) in [5.41, 5.74) is 1.23. The van der Waals surface area contributed by atoms with Gasteiger partial charge >= 0.3 is 0 Å². The van der Waals surface area contributed by atoms with E-state index in [-0.39, 0.29) is 12.1 Å². The lowest BCUT2D eigenvalue weighted by Crippen LogP contribution is -2.33. The Bertz CT molecular complexity index is 291. The third-order valence-corrected chi connectivity index (χ3v) is 3.13. The summed E-state index contributed by atoms with van der Waals surface area (Å²) in [4.78, 5) is 2.39. The Labute approximate surface area is 91.5 Å². The summed E-state index contributed by atoms with van der Waals surface area (Å²) in [6, 6.07) is 10.5. The smallest absolute Gasteiger partial charge is 0.0708 e. The van der Waals surface area contributed by atoms with Gasteiger partial charge < -0.3 is 5.11 Å². The van der Waals surface area contributed by atoms with Crippen molar-refractivity contribution >= 4 is 0 Å². The molecule has 0 aromatic heterocycles. The summed E-state index contributed by atoms with van der Waals surface area (Å²) < 4.78 is 0. The molecule has 1 N–H and O–H groups in total. The van der Waals surface area contributed by atoms with Crippen LogP contribution in [0.1, 0.15) is 31.4 Å². The molecule has 0 aliphatic carbocycles. The topological polar surface area (TPSA) is 23.5 Å². The molecule has 1 aliphatic heterocycles. The quantitative estimate of drug-likeness (QED) is 0.817. The molecular formula is C13H19NO. The highest BCUT2D eigenvalue weighted by molar-refractivity contribution is 5.20. The molecule has 1 aromatic rings. The van der Waals surface area contributed by atoms with Crippen molar-refractivity contribution in [1.82, 2.24) is 4.90 Å². The van der Waals surface area contributed by atoms with Crippen molar-refractivity contribution < 1.29 is 5.11 Å². The van der Waals surface area contributed by atoms with Gasteiger partial charge in [0.2, 0.25) is 0 Å². The molecule has 1 fully saturated rings. The zero-order chi connectivity index (χ0) is 10.7. The summed E-state index contributed by atoms with van der Waals surface area (Å²) >= 11 is 0. The SMILES string of the molecule is C[C@H](O)[C@@H](c1ccccc1)N1CCCC1. The maximum Gasteiger partial charge on any atom is 0.0708 e. The van der Waals surface area contributed by atoms with Crippen LogP contribution in [0.25, 0.3) is 0 Å². The largest absolute Gasteiger partial charge is 0.391 e.